The number of nitrogens with one attached hydrogen (secondary N) is 2. The molecule has 3 N–H and O–H groups in total. The number of hydrogen-bond acceptors (Lipinski definition) is 10. The second-order valence-corrected chi connectivity index (χ2v) is 18.0. The fourth-order valence-electron chi connectivity index (χ4n) is 7.73. The quantitative estimate of drug-likeness (QED) is 0.109. The number of carbonyl (C=O) groups is 1. The van der Waals surface area contributed by atoms with Crippen LogP contribution in [-0.4, -0.2) is 73.4 Å². The van der Waals surface area contributed by atoms with E-state index in [1.165, 1.54) is 50.3 Å². The van der Waals surface area contributed by atoms with Crippen LogP contribution >= 0.6 is 0 Å². The Kier molecular flexibility index (Phi) is 13.3. The summed E-state index contributed by atoms with van der Waals surface area (Å²) in [5.41, 5.74) is 6.26. The van der Waals surface area contributed by atoms with Crippen molar-refractivity contribution in [3.63, 3.8) is 0 Å². The van der Waals surface area contributed by atoms with Crippen LogP contribution in [0.1, 0.15) is 92.0 Å². The molecular formula is C43H56N6O6S. The molecule has 56 heavy (non-hydrogen) atoms. The SMILES string of the molecule is Cc1cccc(CC2CCCCC2)c1-c1nc(NS(=O)(=O)c2cccc(C(=O)O)c2)nc(OC[C@@H](CC(C)(C)C)NCc2ccc(N3CCOCC3)cn2)c1C. The molecule has 300 valence electrons. The van der Waals surface area contributed by atoms with Gasteiger partial charge in [0.2, 0.25) is 11.8 Å². The van der Waals surface area contributed by atoms with Crippen molar-refractivity contribution in [2.24, 2.45) is 11.3 Å². The highest BCUT2D eigenvalue weighted by Crippen LogP contribution is 2.37. The number of hydrogen-bond donors (Lipinski definition) is 3. The molecule has 1 aliphatic heterocycles. The van der Waals surface area contributed by atoms with Crippen molar-refractivity contribution < 1.29 is 27.8 Å². The van der Waals surface area contributed by atoms with Gasteiger partial charge >= 0.3 is 5.97 Å². The Morgan fingerprint density at radius 3 is 2.46 bits per heavy atom. The van der Waals surface area contributed by atoms with Gasteiger partial charge in [0.1, 0.15) is 6.61 Å². The number of carboxylic acids is 1. The van der Waals surface area contributed by atoms with Crippen molar-refractivity contribution in [1.82, 2.24) is 20.3 Å². The number of ether oxygens (including phenoxy) is 2. The molecule has 0 unspecified atom stereocenters. The molecule has 3 heterocycles. The van der Waals surface area contributed by atoms with E-state index in [-0.39, 0.29) is 40.4 Å². The first-order valence-corrected chi connectivity index (χ1v) is 21.2. The van der Waals surface area contributed by atoms with Crippen LogP contribution < -0.4 is 19.7 Å². The van der Waals surface area contributed by atoms with Gasteiger partial charge in [-0.1, -0.05) is 77.1 Å². The van der Waals surface area contributed by atoms with Crippen LogP contribution in [-0.2, 0) is 27.7 Å². The molecule has 6 rings (SSSR count). The summed E-state index contributed by atoms with van der Waals surface area (Å²) in [5.74, 6) is -0.544. The van der Waals surface area contributed by atoms with Gasteiger partial charge in [0, 0.05) is 36.8 Å². The lowest BCUT2D eigenvalue weighted by atomic mass is 9.82. The van der Waals surface area contributed by atoms with Gasteiger partial charge in [0.25, 0.3) is 10.0 Å². The smallest absolute Gasteiger partial charge is 0.335 e. The number of anilines is 2. The number of benzene rings is 2. The van der Waals surface area contributed by atoms with Crippen LogP contribution in [0.5, 0.6) is 5.88 Å². The first-order chi connectivity index (χ1) is 26.8. The minimum atomic E-state index is -4.27. The summed E-state index contributed by atoms with van der Waals surface area (Å²) in [6.07, 6.45) is 9.69. The molecule has 1 atom stereocenters. The van der Waals surface area contributed by atoms with Crippen molar-refractivity contribution in [2.45, 2.75) is 97.0 Å². The lowest BCUT2D eigenvalue weighted by molar-refractivity contribution is 0.0696. The number of aromatic carboxylic acids is 1. The standard InChI is InChI=1S/C43H56N6O6S/c1-29-11-9-14-32(23-31-12-7-6-8-13-31)38(29)39-30(2)40(47-42(46-39)48-56(52,53)37-16-10-15-33(24-37)41(50)51)55-28-35(25-43(3,4)5)44-26-34-17-18-36(27-45-34)49-19-21-54-22-20-49/h9-11,14-18,24,27,31,35,44H,6-8,12-13,19-23,25-26,28H2,1-5H3,(H,50,51)(H,46,47,48)/t35-/m1/s1. The number of nitrogens with zero attached hydrogens (tertiary/aromatic N) is 4. The Bertz CT molecular complexity index is 2070. The van der Waals surface area contributed by atoms with Crippen LogP contribution in [0, 0.1) is 25.2 Å². The van der Waals surface area contributed by atoms with Crippen LogP contribution in [0.15, 0.2) is 65.7 Å². The van der Waals surface area contributed by atoms with Crippen LogP contribution in [0.2, 0.25) is 0 Å². The third-order valence-corrected chi connectivity index (χ3v) is 11.9. The average Bonchev–Trinajstić information content (AvgIpc) is 3.17. The Labute approximate surface area is 331 Å². The number of sulfonamides is 1. The molecule has 0 amide bonds. The van der Waals surface area contributed by atoms with E-state index in [4.69, 9.17) is 19.4 Å². The lowest BCUT2D eigenvalue weighted by Crippen LogP contribution is -2.38. The Morgan fingerprint density at radius 1 is 1.02 bits per heavy atom. The number of aromatic nitrogens is 3. The molecule has 4 aromatic rings. The maximum absolute atomic E-state index is 13.7. The van der Waals surface area contributed by atoms with Crippen LogP contribution in [0.25, 0.3) is 11.3 Å². The summed E-state index contributed by atoms with van der Waals surface area (Å²) < 4.78 is 42.1. The average molecular weight is 785 g/mol. The first-order valence-electron chi connectivity index (χ1n) is 19.7. The molecule has 1 saturated heterocycles. The molecule has 2 fully saturated rings. The number of carboxylic acid groups (broad SMARTS) is 1. The third-order valence-electron chi connectivity index (χ3n) is 10.6. The van der Waals surface area contributed by atoms with E-state index in [1.54, 1.807) is 0 Å². The van der Waals surface area contributed by atoms with E-state index in [9.17, 15) is 18.3 Å². The zero-order valence-electron chi connectivity index (χ0n) is 33.3. The summed E-state index contributed by atoms with van der Waals surface area (Å²) in [4.78, 5) is 28.0. The van der Waals surface area contributed by atoms with E-state index in [1.807, 2.05) is 32.2 Å². The van der Waals surface area contributed by atoms with Gasteiger partial charge in [-0.25, -0.2) is 22.9 Å². The van der Waals surface area contributed by atoms with Gasteiger partial charge in [0.05, 0.1) is 46.9 Å². The monoisotopic (exact) mass is 784 g/mol. The zero-order chi connectivity index (χ0) is 39.9. The number of pyridine rings is 1. The maximum atomic E-state index is 13.7. The molecule has 0 radical (unpaired) electrons. The van der Waals surface area contributed by atoms with Gasteiger partial charge in [-0.05, 0) is 79.5 Å². The Morgan fingerprint density at radius 2 is 1.77 bits per heavy atom. The molecule has 1 saturated carbocycles. The summed E-state index contributed by atoms with van der Waals surface area (Å²) in [6.45, 7) is 14.4. The zero-order valence-corrected chi connectivity index (χ0v) is 34.1. The Balaban J connectivity index is 1.30. The van der Waals surface area contributed by atoms with Crippen LogP contribution in [0.4, 0.5) is 11.6 Å². The van der Waals surface area contributed by atoms with E-state index in [2.05, 4.69) is 58.9 Å². The normalized spacial score (nSPS) is 16.1. The highest BCUT2D eigenvalue weighted by molar-refractivity contribution is 7.92. The molecule has 2 aliphatic rings. The molecule has 2 aromatic carbocycles. The van der Waals surface area contributed by atoms with Gasteiger partial charge in [-0.15, -0.1) is 0 Å². The molecule has 13 heteroatoms. The summed E-state index contributed by atoms with van der Waals surface area (Å²) in [5, 5.41) is 13.2. The fraction of sp³-hybridized carbons (Fsp3) is 0.488. The minimum Gasteiger partial charge on any atom is -0.478 e. The van der Waals surface area contributed by atoms with E-state index < -0.39 is 16.0 Å². The van der Waals surface area contributed by atoms with Gasteiger partial charge in [-0.3, -0.25) is 4.98 Å². The molecule has 2 aromatic heterocycles. The summed E-state index contributed by atoms with van der Waals surface area (Å²) in [7, 11) is -4.27. The number of rotatable bonds is 15. The molecule has 0 bridgehead atoms. The highest BCUT2D eigenvalue weighted by Gasteiger charge is 2.26. The van der Waals surface area contributed by atoms with Crippen molar-refractivity contribution in [2.75, 3.05) is 42.5 Å². The van der Waals surface area contributed by atoms with Crippen molar-refractivity contribution >= 4 is 27.6 Å². The summed E-state index contributed by atoms with van der Waals surface area (Å²) >= 11 is 0. The van der Waals surface area contributed by atoms with E-state index in [0.717, 1.165) is 60.1 Å². The summed E-state index contributed by atoms with van der Waals surface area (Å²) in [6, 6.07) is 15.5. The van der Waals surface area contributed by atoms with Gasteiger partial charge < -0.3 is 24.8 Å². The maximum Gasteiger partial charge on any atom is 0.335 e. The predicted octanol–water partition coefficient (Wildman–Crippen LogP) is 7.59. The Hall–Kier alpha value is -4.59. The number of aryl methyl sites for hydroxylation is 1. The third kappa shape index (κ3) is 10.8. The van der Waals surface area contributed by atoms with Crippen molar-refractivity contribution in [3.8, 4) is 17.1 Å². The minimum absolute atomic E-state index is 0.0268. The second-order valence-electron chi connectivity index (χ2n) is 16.3. The molecular weight excluding hydrogens is 729 g/mol. The lowest BCUT2D eigenvalue weighted by Gasteiger charge is -2.29. The molecule has 0 spiro atoms. The molecule has 12 nitrogen and oxygen atoms in total. The topological polar surface area (TPSA) is 156 Å². The largest absolute Gasteiger partial charge is 0.478 e. The second kappa shape index (κ2) is 18.1. The van der Waals surface area contributed by atoms with Crippen LogP contribution in [0.3, 0.4) is 0 Å². The van der Waals surface area contributed by atoms with E-state index >= 15 is 0 Å². The molecule has 1 aliphatic carbocycles. The van der Waals surface area contributed by atoms with Gasteiger partial charge in [0.15, 0.2) is 0 Å². The van der Waals surface area contributed by atoms with Crippen molar-refractivity contribution in [1.29, 1.82) is 0 Å². The van der Waals surface area contributed by atoms with Crippen molar-refractivity contribution in [3.05, 3.63) is 88.7 Å². The highest BCUT2D eigenvalue weighted by atomic mass is 32.2. The number of morpholine rings is 1. The fourth-order valence-corrected chi connectivity index (χ4v) is 8.72. The van der Waals surface area contributed by atoms with E-state index in [0.29, 0.717) is 36.9 Å². The van der Waals surface area contributed by atoms with Gasteiger partial charge in [-0.2, -0.15) is 4.98 Å². The predicted molar refractivity (Wildman–Crippen MR) is 219 cm³/mol. The first kappa shape index (κ1) is 41.1.